The molecule has 0 saturated carbocycles. The van der Waals surface area contributed by atoms with Gasteiger partial charge in [-0.3, -0.25) is 0 Å². The van der Waals surface area contributed by atoms with E-state index in [0.717, 1.165) is 19.0 Å². The van der Waals surface area contributed by atoms with Crippen LogP contribution in [0.5, 0.6) is 0 Å². The summed E-state index contributed by atoms with van der Waals surface area (Å²) in [6, 6.07) is 1.03. The fraction of sp³-hybridized carbons (Fsp3) is 1.00. The van der Waals surface area contributed by atoms with Gasteiger partial charge in [0.25, 0.3) is 0 Å². The van der Waals surface area contributed by atoms with Crippen LogP contribution in [-0.4, -0.2) is 48.3 Å². The van der Waals surface area contributed by atoms with Crippen molar-refractivity contribution in [1.82, 2.24) is 10.2 Å². The Hall–Kier alpha value is -0.120. The van der Waals surface area contributed by atoms with Crippen molar-refractivity contribution in [3.8, 4) is 0 Å². The van der Waals surface area contributed by atoms with Crippen molar-refractivity contribution in [2.75, 3.05) is 20.1 Å². The molecule has 1 rings (SSSR count). The zero-order valence-corrected chi connectivity index (χ0v) is 15.8. The van der Waals surface area contributed by atoms with Gasteiger partial charge in [-0.05, 0) is 60.5 Å². The highest BCUT2D eigenvalue weighted by Gasteiger charge is 2.53. The van der Waals surface area contributed by atoms with Crippen molar-refractivity contribution in [3.05, 3.63) is 0 Å². The van der Waals surface area contributed by atoms with Crippen LogP contribution in [-0.2, 0) is 4.74 Å². The molecule has 126 valence electrons. The molecule has 1 aliphatic heterocycles. The molecule has 3 heteroatoms. The summed E-state index contributed by atoms with van der Waals surface area (Å²) >= 11 is 0. The number of hydrogen-bond donors (Lipinski definition) is 1. The molecule has 0 aromatic heterocycles. The first-order valence-corrected chi connectivity index (χ1v) is 8.65. The second-order valence-electron chi connectivity index (χ2n) is 8.37. The minimum Gasteiger partial charge on any atom is -0.368 e. The van der Waals surface area contributed by atoms with Gasteiger partial charge < -0.3 is 15.0 Å². The first-order valence-electron chi connectivity index (χ1n) is 8.65. The minimum absolute atomic E-state index is 0.0812. The fourth-order valence-corrected chi connectivity index (χ4v) is 3.99. The predicted octanol–water partition coefficient (Wildman–Crippen LogP) is 3.53. The van der Waals surface area contributed by atoms with Gasteiger partial charge >= 0.3 is 0 Å². The standard InChI is InChI=1S/C18H38N2O/c1-10-19-16-15(17(5,6)21-18(16,7)8)12-20(9)14(4)11-13(2)3/h13-16,19H,10-12H2,1-9H3. The van der Waals surface area contributed by atoms with Crippen LogP contribution in [0.4, 0.5) is 0 Å². The molecule has 1 aliphatic rings. The third kappa shape index (κ3) is 4.67. The Bertz CT molecular complexity index is 325. The Kier molecular flexibility index (Phi) is 6.28. The molecule has 3 unspecified atom stereocenters. The molecule has 0 aromatic carbocycles. The van der Waals surface area contributed by atoms with Gasteiger partial charge in [-0.15, -0.1) is 0 Å². The SMILES string of the molecule is CCNC1C(CN(C)C(C)CC(C)C)C(C)(C)OC1(C)C. The molecule has 21 heavy (non-hydrogen) atoms. The number of rotatable bonds is 7. The van der Waals surface area contributed by atoms with Crippen LogP contribution in [0.2, 0.25) is 0 Å². The molecule has 3 atom stereocenters. The smallest absolute Gasteiger partial charge is 0.0790 e. The maximum absolute atomic E-state index is 6.39. The lowest BCUT2D eigenvalue weighted by molar-refractivity contribution is -0.0797. The molecular weight excluding hydrogens is 260 g/mol. The molecule has 1 N–H and O–H groups in total. The monoisotopic (exact) mass is 298 g/mol. The maximum atomic E-state index is 6.39. The van der Waals surface area contributed by atoms with E-state index in [1.54, 1.807) is 0 Å². The van der Waals surface area contributed by atoms with E-state index in [1.165, 1.54) is 6.42 Å². The Balaban J connectivity index is 2.82. The quantitative estimate of drug-likeness (QED) is 0.778. The van der Waals surface area contributed by atoms with Crippen LogP contribution in [0.25, 0.3) is 0 Å². The minimum atomic E-state index is -0.105. The summed E-state index contributed by atoms with van der Waals surface area (Å²) in [6.45, 7) is 20.2. The second-order valence-corrected chi connectivity index (χ2v) is 8.37. The fourth-order valence-electron chi connectivity index (χ4n) is 3.99. The first kappa shape index (κ1) is 18.9. The second kappa shape index (κ2) is 6.97. The van der Waals surface area contributed by atoms with Gasteiger partial charge in [-0.2, -0.15) is 0 Å². The van der Waals surface area contributed by atoms with Crippen LogP contribution in [0.1, 0.15) is 61.8 Å². The average Bonchev–Trinajstić information content (AvgIpc) is 2.46. The lowest BCUT2D eigenvalue weighted by Gasteiger charge is -2.36. The highest BCUT2D eigenvalue weighted by molar-refractivity contribution is 5.06. The molecule has 0 aromatic rings. The lowest BCUT2D eigenvalue weighted by Crippen LogP contribution is -2.51. The summed E-state index contributed by atoms with van der Waals surface area (Å²) in [5, 5.41) is 3.67. The van der Waals surface area contributed by atoms with Crippen LogP contribution in [0.3, 0.4) is 0 Å². The third-order valence-electron chi connectivity index (χ3n) is 5.04. The lowest BCUT2D eigenvalue weighted by atomic mass is 9.81. The summed E-state index contributed by atoms with van der Waals surface area (Å²) < 4.78 is 6.39. The van der Waals surface area contributed by atoms with Crippen molar-refractivity contribution < 1.29 is 4.74 Å². The molecule has 0 amide bonds. The Labute approximate surface area is 132 Å². The number of ether oxygens (including phenoxy) is 1. The molecular formula is C18H38N2O. The van der Waals surface area contributed by atoms with Gasteiger partial charge in [0.15, 0.2) is 0 Å². The van der Waals surface area contributed by atoms with E-state index >= 15 is 0 Å². The molecule has 1 saturated heterocycles. The Morgan fingerprint density at radius 3 is 2.14 bits per heavy atom. The molecule has 0 spiro atoms. The normalized spacial score (nSPS) is 29.3. The Morgan fingerprint density at radius 1 is 1.10 bits per heavy atom. The average molecular weight is 299 g/mol. The Morgan fingerprint density at radius 2 is 1.67 bits per heavy atom. The van der Waals surface area contributed by atoms with Crippen molar-refractivity contribution in [3.63, 3.8) is 0 Å². The predicted molar refractivity (Wildman–Crippen MR) is 91.7 cm³/mol. The van der Waals surface area contributed by atoms with Crippen LogP contribution in [0, 0.1) is 11.8 Å². The van der Waals surface area contributed by atoms with Crippen molar-refractivity contribution in [2.24, 2.45) is 11.8 Å². The molecule has 0 radical (unpaired) electrons. The first-order chi connectivity index (χ1) is 9.51. The maximum Gasteiger partial charge on any atom is 0.0790 e. The summed E-state index contributed by atoms with van der Waals surface area (Å²) in [5.74, 6) is 1.25. The van der Waals surface area contributed by atoms with Crippen LogP contribution in [0.15, 0.2) is 0 Å². The summed E-state index contributed by atoms with van der Waals surface area (Å²) in [7, 11) is 2.26. The molecule has 1 heterocycles. The van der Waals surface area contributed by atoms with Crippen molar-refractivity contribution >= 4 is 0 Å². The highest BCUT2D eigenvalue weighted by atomic mass is 16.5. The van der Waals surface area contributed by atoms with E-state index < -0.39 is 0 Å². The summed E-state index contributed by atoms with van der Waals surface area (Å²) in [6.07, 6.45) is 1.25. The van der Waals surface area contributed by atoms with E-state index in [1.807, 2.05) is 0 Å². The van der Waals surface area contributed by atoms with E-state index in [9.17, 15) is 0 Å². The zero-order chi connectivity index (χ0) is 16.4. The van der Waals surface area contributed by atoms with Gasteiger partial charge in [-0.1, -0.05) is 20.8 Å². The highest BCUT2D eigenvalue weighted by Crippen LogP contribution is 2.42. The molecule has 0 bridgehead atoms. The van der Waals surface area contributed by atoms with Crippen LogP contribution >= 0.6 is 0 Å². The van der Waals surface area contributed by atoms with Crippen LogP contribution < -0.4 is 5.32 Å². The largest absolute Gasteiger partial charge is 0.368 e. The van der Waals surface area contributed by atoms with Gasteiger partial charge in [0, 0.05) is 24.5 Å². The molecule has 0 aliphatic carbocycles. The third-order valence-corrected chi connectivity index (χ3v) is 5.04. The molecule has 1 fully saturated rings. The molecule has 3 nitrogen and oxygen atoms in total. The van der Waals surface area contributed by atoms with E-state index in [-0.39, 0.29) is 11.2 Å². The summed E-state index contributed by atoms with van der Waals surface area (Å²) in [5.41, 5.74) is -0.186. The summed E-state index contributed by atoms with van der Waals surface area (Å²) in [4.78, 5) is 2.52. The van der Waals surface area contributed by atoms with E-state index in [2.05, 4.69) is 72.7 Å². The topological polar surface area (TPSA) is 24.5 Å². The van der Waals surface area contributed by atoms with Gasteiger partial charge in [-0.25, -0.2) is 0 Å². The van der Waals surface area contributed by atoms with E-state index in [0.29, 0.717) is 18.0 Å². The van der Waals surface area contributed by atoms with Gasteiger partial charge in [0.1, 0.15) is 0 Å². The number of likely N-dealkylation sites (N-methyl/N-ethyl adjacent to an activating group) is 1. The number of nitrogens with zero attached hydrogens (tertiary/aromatic N) is 1. The van der Waals surface area contributed by atoms with Crippen molar-refractivity contribution in [2.45, 2.75) is 85.1 Å². The van der Waals surface area contributed by atoms with E-state index in [4.69, 9.17) is 4.74 Å². The van der Waals surface area contributed by atoms with Gasteiger partial charge in [0.05, 0.1) is 11.2 Å². The number of hydrogen-bond acceptors (Lipinski definition) is 3. The number of nitrogens with one attached hydrogen (secondary N) is 1. The van der Waals surface area contributed by atoms with Gasteiger partial charge in [0.2, 0.25) is 0 Å². The zero-order valence-electron chi connectivity index (χ0n) is 15.8. The van der Waals surface area contributed by atoms with Crippen molar-refractivity contribution in [1.29, 1.82) is 0 Å².